The lowest BCUT2D eigenvalue weighted by atomic mass is 10.1. The minimum Gasteiger partial charge on any atom is -0.478 e. The SMILES string of the molecule is Nc1c(C(=O)O)cccc1N1CCc2sccc2C1. The van der Waals surface area contributed by atoms with Gasteiger partial charge in [0.2, 0.25) is 0 Å². The molecule has 1 aromatic carbocycles. The molecule has 0 fully saturated rings. The number of carbonyl (C=O) groups is 1. The average molecular weight is 274 g/mol. The largest absolute Gasteiger partial charge is 0.478 e. The highest BCUT2D eigenvalue weighted by atomic mass is 32.1. The molecule has 0 bridgehead atoms. The minimum atomic E-state index is -0.979. The van der Waals surface area contributed by atoms with Crippen molar-refractivity contribution in [2.75, 3.05) is 17.2 Å². The highest BCUT2D eigenvalue weighted by Gasteiger charge is 2.21. The lowest BCUT2D eigenvalue weighted by molar-refractivity contribution is 0.0698. The predicted octanol–water partition coefficient (Wildman–Crippen LogP) is 2.59. The molecule has 0 saturated heterocycles. The summed E-state index contributed by atoms with van der Waals surface area (Å²) < 4.78 is 0. The Morgan fingerprint density at radius 1 is 1.37 bits per heavy atom. The molecule has 0 amide bonds. The number of thiophene rings is 1. The zero-order valence-electron chi connectivity index (χ0n) is 10.3. The molecule has 3 N–H and O–H groups in total. The number of nitrogens with two attached hydrogens (primary N) is 1. The molecule has 0 atom stereocenters. The summed E-state index contributed by atoms with van der Waals surface area (Å²) >= 11 is 1.78. The Kier molecular flexibility index (Phi) is 2.91. The molecule has 2 heterocycles. The number of fused-ring (bicyclic) bond motifs is 1. The van der Waals surface area contributed by atoms with Crippen molar-refractivity contribution in [1.29, 1.82) is 0 Å². The number of anilines is 2. The van der Waals surface area contributed by atoms with Crippen LogP contribution in [0.4, 0.5) is 11.4 Å². The quantitative estimate of drug-likeness (QED) is 0.826. The van der Waals surface area contributed by atoms with Gasteiger partial charge in [-0.1, -0.05) is 6.07 Å². The number of benzene rings is 1. The van der Waals surface area contributed by atoms with Crippen LogP contribution in [0.25, 0.3) is 0 Å². The normalized spacial score (nSPS) is 14.2. The molecule has 3 rings (SSSR count). The monoisotopic (exact) mass is 274 g/mol. The fourth-order valence-corrected chi connectivity index (χ4v) is 3.36. The molecular weight excluding hydrogens is 260 g/mol. The smallest absolute Gasteiger partial charge is 0.337 e. The Balaban J connectivity index is 1.96. The van der Waals surface area contributed by atoms with Crippen molar-refractivity contribution in [2.45, 2.75) is 13.0 Å². The predicted molar refractivity (Wildman–Crippen MR) is 76.9 cm³/mol. The maximum atomic E-state index is 11.1. The molecule has 1 aromatic heterocycles. The fourth-order valence-electron chi connectivity index (χ4n) is 2.47. The lowest BCUT2D eigenvalue weighted by Crippen LogP contribution is -2.30. The van der Waals surface area contributed by atoms with Crippen molar-refractivity contribution < 1.29 is 9.90 Å². The number of carboxylic acids is 1. The molecule has 0 saturated carbocycles. The third kappa shape index (κ3) is 2.06. The molecule has 0 spiro atoms. The second kappa shape index (κ2) is 4.59. The van der Waals surface area contributed by atoms with Gasteiger partial charge in [0.05, 0.1) is 16.9 Å². The van der Waals surface area contributed by atoms with Crippen LogP contribution in [-0.2, 0) is 13.0 Å². The Morgan fingerprint density at radius 3 is 3.00 bits per heavy atom. The first-order chi connectivity index (χ1) is 9.16. The number of nitrogens with zero attached hydrogens (tertiary/aromatic N) is 1. The van der Waals surface area contributed by atoms with Gasteiger partial charge in [-0.3, -0.25) is 0 Å². The number of rotatable bonds is 2. The van der Waals surface area contributed by atoms with Gasteiger partial charge in [0, 0.05) is 18.0 Å². The summed E-state index contributed by atoms with van der Waals surface area (Å²) in [5, 5.41) is 11.2. The van der Waals surface area contributed by atoms with Crippen molar-refractivity contribution in [1.82, 2.24) is 0 Å². The van der Waals surface area contributed by atoms with Crippen LogP contribution >= 0.6 is 11.3 Å². The van der Waals surface area contributed by atoms with E-state index in [0.29, 0.717) is 5.69 Å². The van der Waals surface area contributed by atoms with Crippen LogP contribution in [0.5, 0.6) is 0 Å². The lowest BCUT2D eigenvalue weighted by Gasteiger charge is -2.30. The summed E-state index contributed by atoms with van der Waals surface area (Å²) in [7, 11) is 0. The van der Waals surface area contributed by atoms with Crippen molar-refractivity contribution in [3.05, 3.63) is 45.6 Å². The number of para-hydroxylation sites is 1. The van der Waals surface area contributed by atoms with Crippen LogP contribution in [0, 0.1) is 0 Å². The van der Waals surface area contributed by atoms with Gasteiger partial charge in [-0.2, -0.15) is 0 Å². The van der Waals surface area contributed by atoms with E-state index in [0.717, 1.165) is 25.2 Å². The summed E-state index contributed by atoms with van der Waals surface area (Å²) in [4.78, 5) is 14.7. The van der Waals surface area contributed by atoms with Crippen LogP contribution in [0.1, 0.15) is 20.8 Å². The first-order valence-corrected chi connectivity index (χ1v) is 6.97. The van der Waals surface area contributed by atoms with E-state index in [2.05, 4.69) is 16.3 Å². The van der Waals surface area contributed by atoms with E-state index in [9.17, 15) is 4.79 Å². The van der Waals surface area contributed by atoms with Crippen LogP contribution < -0.4 is 10.6 Å². The summed E-state index contributed by atoms with van der Waals surface area (Å²) in [6, 6.07) is 7.31. The van der Waals surface area contributed by atoms with E-state index in [1.807, 2.05) is 6.07 Å². The van der Waals surface area contributed by atoms with Crippen molar-refractivity contribution >= 4 is 28.7 Å². The summed E-state index contributed by atoms with van der Waals surface area (Å²) in [6.07, 6.45) is 0.990. The van der Waals surface area contributed by atoms with Gasteiger partial charge in [0.25, 0.3) is 0 Å². The van der Waals surface area contributed by atoms with Crippen LogP contribution in [0.15, 0.2) is 29.6 Å². The molecule has 4 nitrogen and oxygen atoms in total. The van der Waals surface area contributed by atoms with E-state index < -0.39 is 5.97 Å². The van der Waals surface area contributed by atoms with Gasteiger partial charge in [-0.05, 0) is 35.6 Å². The first kappa shape index (κ1) is 12.0. The topological polar surface area (TPSA) is 66.6 Å². The number of aromatic carboxylic acids is 1. The summed E-state index contributed by atoms with van der Waals surface area (Å²) in [5.41, 5.74) is 8.65. The molecule has 1 aliphatic rings. The van der Waals surface area contributed by atoms with Crippen LogP contribution in [0.3, 0.4) is 0 Å². The standard InChI is InChI=1S/C14H14N2O2S/c15-13-10(14(17)18)2-1-3-11(13)16-6-4-12-9(8-16)5-7-19-12/h1-3,5,7H,4,6,8,15H2,(H,17,18). The van der Waals surface area contributed by atoms with E-state index in [4.69, 9.17) is 10.8 Å². The maximum absolute atomic E-state index is 11.1. The van der Waals surface area contributed by atoms with Gasteiger partial charge in [-0.15, -0.1) is 11.3 Å². The average Bonchev–Trinajstić information content (AvgIpc) is 2.85. The number of nitrogen functional groups attached to an aromatic ring is 1. The Labute approximate surface area is 115 Å². The molecule has 5 heteroatoms. The second-order valence-corrected chi connectivity index (χ2v) is 5.58. The van der Waals surface area contributed by atoms with E-state index in [1.165, 1.54) is 10.4 Å². The second-order valence-electron chi connectivity index (χ2n) is 4.58. The molecule has 1 aliphatic heterocycles. The minimum absolute atomic E-state index is 0.175. The van der Waals surface area contributed by atoms with Gasteiger partial charge < -0.3 is 15.7 Å². The third-order valence-corrected chi connectivity index (χ3v) is 4.48. The number of carboxylic acid groups (broad SMARTS) is 1. The molecule has 98 valence electrons. The molecular formula is C14H14N2O2S. The fraction of sp³-hybridized carbons (Fsp3) is 0.214. The molecule has 0 radical (unpaired) electrons. The van der Waals surface area contributed by atoms with Crippen LogP contribution in [0.2, 0.25) is 0 Å². The third-order valence-electron chi connectivity index (χ3n) is 3.46. The maximum Gasteiger partial charge on any atom is 0.337 e. The van der Waals surface area contributed by atoms with Crippen molar-refractivity contribution in [3.8, 4) is 0 Å². The van der Waals surface area contributed by atoms with Gasteiger partial charge in [0.15, 0.2) is 0 Å². The van der Waals surface area contributed by atoms with Gasteiger partial charge >= 0.3 is 5.97 Å². The Bertz CT molecular complexity index is 636. The van der Waals surface area contributed by atoms with Crippen molar-refractivity contribution in [2.24, 2.45) is 0 Å². The van der Waals surface area contributed by atoms with E-state index in [-0.39, 0.29) is 5.56 Å². The summed E-state index contributed by atoms with van der Waals surface area (Å²) in [6.45, 7) is 1.67. The van der Waals surface area contributed by atoms with E-state index >= 15 is 0 Å². The van der Waals surface area contributed by atoms with Gasteiger partial charge in [-0.25, -0.2) is 4.79 Å². The Hall–Kier alpha value is -2.01. The van der Waals surface area contributed by atoms with E-state index in [1.54, 1.807) is 23.5 Å². The Morgan fingerprint density at radius 2 is 2.21 bits per heavy atom. The zero-order chi connectivity index (χ0) is 13.4. The molecule has 0 aliphatic carbocycles. The number of hydrogen-bond acceptors (Lipinski definition) is 4. The van der Waals surface area contributed by atoms with Gasteiger partial charge in [0.1, 0.15) is 0 Å². The highest BCUT2D eigenvalue weighted by molar-refractivity contribution is 7.10. The number of hydrogen-bond donors (Lipinski definition) is 2. The first-order valence-electron chi connectivity index (χ1n) is 6.09. The van der Waals surface area contributed by atoms with Crippen molar-refractivity contribution in [3.63, 3.8) is 0 Å². The molecule has 2 aromatic rings. The highest BCUT2D eigenvalue weighted by Crippen LogP contribution is 2.32. The molecule has 19 heavy (non-hydrogen) atoms. The van der Waals surface area contributed by atoms with Crippen LogP contribution in [-0.4, -0.2) is 17.6 Å². The zero-order valence-corrected chi connectivity index (χ0v) is 11.1. The summed E-state index contributed by atoms with van der Waals surface area (Å²) in [5.74, 6) is -0.979. The molecule has 0 unspecified atom stereocenters.